The van der Waals surface area contributed by atoms with E-state index in [-0.39, 0.29) is 16.9 Å². The van der Waals surface area contributed by atoms with Crippen molar-refractivity contribution in [3.8, 4) is 5.75 Å². The van der Waals surface area contributed by atoms with Crippen molar-refractivity contribution in [2.24, 2.45) is 5.92 Å². The molecule has 3 N–H and O–H groups in total. The quantitative estimate of drug-likeness (QED) is 0.271. The van der Waals surface area contributed by atoms with Crippen LogP contribution in [0.3, 0.4) is 0 Å². The molecular formula is C32H43ClN8O5S. The molecule has 2 fully saturated rings. The number of aromatic nitrogens is 2. The van der Waals surface area contributed by atoms with Gasteiger partial charge in [0.15, 0.2) is 5.82 Å². The number of piperazine rings is 1. The summed E-state index contributed by atoms with van der Waals surface area (Å²) >= 11 is 6.43. The van der Waals surface area contributed by atoms with Crippen molar-refractivity contribution in [2.75, 3.05) is 86.1 Å². The van der Waals surface area contributed by atoms with Gasteiger partial charge in [-0.2, -0.15) is 4.98 Å². The first kappa shape index (κ1) is 34.5. The number of hydrogen-bond donors (Lipinski definition) is 3. The number of benzene rings is 2. The molecule has 2 saturated heterocycles. The summed E-state index contributed by atoms with van der Waals surface area (Å²) in [7, 11) is -0.385. The number of nitrogens with one attached hydrogen (secondary N) is 2. The summed E-state index contributed by atoms with van der Waals surface area (Å²) in [6.07, 6.45) is 3.61. The molecule has 3 aromatic rings. The van der Waals surface area contributed by atoms with Crippen molar-refractivity contribution in [1.29, 1.82) is 0 Å². The average molecular weight is 687 g/mol. The Morgan fingerprint density at radius 3 is 2.45 bits per heavy atom. The molecule has 2 aromatic carbocycles. The van der Waals surface area contributed by atoms with Gasteiger partial charge in [-0.1, -0.05) is 23.7 Å². The van der Waals surface area contributed by atoms with Gasteiger partial charge in [0, 0.05) is 64.6 Å². The van der Waals surface area contributed by atoms with E-state index in [0.29, 0.717) is 47.6 Å². The Morgan fingerprint density at radius 2 is 1.79 bits per heavy atom. The fourth-order valence-electron chi connectivity index (χ4n) is 5.93. The molecule has 1 aromatic heterocycles. The minimum Gasteiger partial charge on any atom is -0.494 e. The van der Waals surface area contributed by atoms with Crippen LogP contribution in [-0.2, 0) is 14.8 Å². The molecular weight excluding hydrogens is 644 g/mol. The van der Waals surface area contributed by atoms with Crippen LogP contribution in [0.25, 0.3) is 0 Å². The van der Waals surface area contributed by atoms with Gasteiger partial charge >= 0.3 is 0 Å². The molecule has 254 valence electrons. The minimum absolute atomic E-state index is 0.172. The SMILES string of the molecule is COc1cc(N2CCN(CC3CCN(C(=O)[C@H](C)O)CC3)CC2)ccc1Nc1ncc(Cl)c(Nc2ccccc2N(C)S(C)(=O)=O)n1. The van der Waals surface area contributed by atoms with Crippen LogP contribution in [0.1, 0.15) is 19.8 Å². The predicted molar refractivity (Wildman–Crippen MR) is 186 cm³/mol. The Hall–Kier alpha value is -3.85. The van der Waals surface area contributed by atoms with Crippen LogP contribution in [0.15, 0.2) is 48.7 Å². The lowest BCUT2D eigenvalue weighted by atomic mass is 9.95. The molecule has 47 heavy (non-hydrogen) atoms. The number of methoxy groups -OCH3 is 1. The lowest BCUT2D eigenvalue weighted by Gasteiger charge is -2.40. The third-order valence-electron chi connectivity index (χ3n) is 8.71. The molecule has 1 amide bonds. The number of likely N-dealkylation sites (tertiary alicyclic amines) is 1. The van der Waals surface area contributed by atoms with Crippen LogP contribution in [0.4, 0.5) is 34.5 Å². The smallest absolute Gasteiger partial charge is 0.251 e. The highest BCUT2D eigenvalue weighted by molar-refractivity contribution is 7.92. The predicted octanol–water partition coefficient (Wildman–Crippen LogP) is 3.76. The summed E-state index contributed by atoms with van der Waals surface area (Å²) in [5.41, 5.74) is 2.71. The van der Waals surface area contributed by atoms with Gasteiger partial charge < -0.3 is 30.3 Å². The van der Waals surface area contributed by atoms with Gasteiger partial charge in [0.1, 0.15) is 16.9 Å². The van der Waals surface area contributed by atoms with Crippen molar-refractivity contribution in [3.05, 3.63) is 53.7 Å². The van der Waals surface area contributed by atoms with E-state index >= 15 is 0 Å². The number of piperidine rings is 1. The Labute approximate surface area is 281 Å². The fourth-order valence-corrected chi connectivity index (χ4v) is 6.58. The number of aliphatic hydroxyl groups is 1. The Kier molecular flexibility index (Phi) is 11.0. The van der Waals surface area contributed by atoms with Gasteiger partial charge in [0.05, 0.1) is 36.6 Å². The maximum absolute atomic E-state index is 12.2. The zero-order valence-electron chi connectivity index (χ0n) is 27.2. The molecule has 3 heterocycles. The van der Waals surface area contributed by atoms with E-state index in [4.69, 9.17) is 16.3 Å². The van der Waals surface area contributed by atoms with E-state index in [1.165, 1.54) is 24.5 Å². The Bertz CT molecular complexity index is 1660. The highest BCUT2D eigenvalue weighted by atomic mass is 35.5. The number of nitrogens with zero attached hydrogens (tertiary/aromatic N) is 6. The van der Waals surface area contributed by atoms with Gasteiger partial charge in [-0.3, -0.25) is 14.0 Å². The van der Waals surface area contributed by atoms with E-state index in [1.807, 2.05) is 18.2 Å². The molecule has 2 aliphatic rings. The standard InChI is InChI=1S/C32H43ClN8O5S/c1-22(42)31(43)41-13-11-23(12-14-41)21-39-15-17-40(18-16-39)24-9-10-27(29(19-24)46-3)36-32-34-20-25(33)30(37-32)35-26-7-5-6-8-28(26)38(2)47(4,44)45/h5-10,19-20,22-23,42H,11-18,21H2,1-4H3,(H2,34,35,36,37)/t22-/m0/s1. The van der Waals surface area contributed by atoms with E-state index in [2.05, 4.69) is 30.4 Å². The minimum atomic E-state index is -3.49. The van der Waals surface area contributed by atoms with Crippen LogP contribution in [-0.4, -0.2) is 112 Å². The topological polar surface area (TPSA) is 143 Å². The first-order chi connectivity index (χ1) is 22.4. The molecule has 2 aliphatic heterocycles. The Balaban J connectivity index is 1.20. The van der Waals surface area contributed by atoms with Gasteiger partial charge in [-0.05, 0) is 49.9 Å². The average Bonchev–Trinajstić information content (AvgIpc) is 3.06. The largest absolute Gasteiger partial charge is 0.494 e. The lowest BCUT2D eigenvalue weighted by Crippen LogP contribution is -2.49. The lowest BCUT2D eigenvalue weighted by molar-refractivity contribution is -0.140. The second kappa shape index (κ2) is 14.9. The number of ether oxygens (including phenoxy) is 1. The number of aliphatic hydroxyl groups excluding tert-OH is 1. The second-order valence-corrected chi connectivity index (χ2v) is 14.4. The van der Waals surface area contributed by atoms with Gasteiger partial charge in [0.25, 0.3) is 5.91 Å². The number of amides is 1. The van der Waals surface area contributed by atoms with Crippen molar-refractivity contribution >= 4 is 62.0 Å². The third-order valence-corrected chi connectivity index (χ3v) is 10.2. The number of sulfonamides is 1. The van der Waals surface area contributed by atoms with E-state index in [1.54, 1.807) is 36.3 Å². The number of rotatable bonds is 11. The van der Waals surface area contributed by atoms with Crippen molar-refractivity contribution in [3.63, 3.8) is 0 Å². The van der Waals surface area contributed by atoms with E-state index < -0.39 is 16.1 Å². The molecule has 0 aliphatic carbocycles. The van der Waals surface area contributed by atoms with Crippen molar-refractivity contribution < 1.29 is 23.1 Å². The van der Waals surface area contributed by atoms with E-state index in [9.17, 15) is 18.3 Å². The Morgan fingerprint density at radius 1 is 1.09 bits per heavy atom. The normalized spacial score (nSPS) is 16.9. The fraction of sp³-hybridized carbons (Fsp3) is 0.469. The molecule has 15 heteroatoms. The maximum Gasteiger partial charge on any atom is 0.251 e. The summed E-state index contributed by atoms with van der Waals surface area (Å²) in [6.45, 7) is 7.66. The zero-order valence-corrected chi connectivity index (χ0v) is 28.8. The number of anilines is 6. The molecule has 0 unspecified atom stereocenters. The molecule has 1 atom stereocenters. The van der Waals surface area contributed by atoms with Crippen LogP contribution >= 0.6 is 11.6 Å². The van der Waals surface area contributed by atoms with Gasteiger partial charge in [-0.15, -0.1) is 0 Å². The molecule has 0 bridgehead atoms. The molecule has 13 nitrogen and oxygen atoms in total. The summed E-state index contributed by atoms with van der Waals surface area (Å²) in [6, 6.07) is 13.0. The first-order valence-corrected chi connectivity index (χ1v) is 17.9. The van der Waals surface area contributed by atoms with Crippen molar-refractivity contribution in [2.45, 2.75) is 25.9 Å². The van der Waals surface area contributed by atoms with Crippen LogP contribution < -0.4 is 24.6 Å². The molecule has 5 rings (SSSR count). The maximum atomic E-state index is 12.2. The number of halogens is 1. The highest BCUT2D eigenvalue weighted by Crippen LogP contribution is 2.34. The number of para-hydroxylation sites is 2. The number of hydrogen-bond acceptors (Lipinski definition) is 11. The van der Waals surface area contributed by atoms with Crippen LogP contribution in [0, 0.1) is 5.92 Å². The van der Waals surface area contributed by atoms with Gasteiger partial charge in [-0.25, -0.2) is 13.4 Å². The summed E-state index contributed by atoms with van der Waals surface area (Å²) in [5.74, 6) is 1.61. The zero-order chi connectivity index (χ0) is 33.7. The highest BCUT2D eigenvalue weighted by Gasteiger charge is 2.27. The molecule has 0 saturated carbocycles. The van der Waals surface area contributed by atoms with Crippen molar-refractivity contribution in [1.82, 2.24) is 19.8 Å². The van der Waals surface area contributed by atoms with E-state index in [0.717, 1.165) is 57.5 Å². The molecule has 0 radical (unpaired) electrons. The first-order valence-electron chi connectivity index (χ1n) is 15.6. The second-order valence-electron chi connectivity index (χ2n) is 12.0. The third kappa shape index (κ3) is 8.55. The van der Waals surface area contributed by atoms with Crippen LogP contribution in [0.5, 0.6) is 5.75 Å². The van der Waals surface area contributed by atoms with Gasteiger partial charge in [0.2, 0.25) is 16.0 Å². The monoisotopic (exact) mass is 686 g/mol. The molecule has 0 spiro atoms. The summed E-state index contributed by atoms with van der Waals surface area (Å²) < 4.78 is 31.3. The number of carbonyl (C=O) groups is 1. The van der Waals surface area contributed by atoms with Crippen LogP contribution in [0.2, 0.25) is 5.02 Å². The summed E-state index contributed by atoms with van der Waals surface area (Å²) in [4.78, 5) is 27.6. The number of carbonyl (C=O) groups excluding carboxylic acids is 1. The summed E-state index contributed by atoms with van der Waals surface area (Å²) in [5, 5.41) is 16.2.